The average Bonchev–Trinajstić information content (AvgIpc) is 2.96. The number of ketones is 1. The van der Waals surface area contributed by atoms with Gasteiger partial charge in [-0.25, -0.2) is 0 Å². The summed E-state index contributed by atoms with van der Waals surface area (Å²) in [6.45, 7) is 0. The first-order valence-electron chi connectivity index (χ1n) is 4.50. The Bertz CT molecular complexity index is 466. The van der Waals surface area contributed by atoms with Gasteiger partial charge in [-0.05, 0) is 11.4 Å². The molecule has 4 nitrogen and oxygen atoms in total. The number of anilines is 1. The second-order valence-electron chi connectivity index (χ2n) is 2.81. The van der Waals surface area contributed by atoms with E-state index in [0.717, 1.165) is 14.3 Å². The summed E-state index contributed by atoms with van der Waals surface area (Å²) in [5, 5.41) is 13.4. The van der Waals surface area contributed by atoms with Gasteiger partial charge in [-0.1, -0.05) is 29.2 Å². The van der Waals surface area contributed by atoms with Crippen LogP contribution < -0.4 is 5.32 Å². The fourth-order valence-electron chi connectivity index (χ4n) is 1.00. The van der Waals surface area contributed by atoms with Gasteiger partial charge in [-0.2, -0.15) is 0 Å². The summed E-state index contributed by atoms with van der Waals surface area (Å²) in [5.41, 5.74) is 0. The zero-order chi connectivity index (χ0) is 11.4. The molecule has 0 aliphatic carbocycles. The van der Waals surface area contributed by atoms with Crippen LogP contribution in [0.3, 0.4) is 0 Å². The minimum Gasteiger partial charge on any atom is -0.363 e. The number of aromatic nitrogens is 2. The molecule has 0 aliphatic heterocycles. The van der Waals surface area contributed by atoms with E-state index in [2.05, 4.69) is 15.5 Å². The van der Waals surface area contributed by atoms with Gasteiger partial charge < -0.3 is 5.32 Å². The van der Waals surface area contributed by atoms with Crippen LogP contribution in [0.25, 0.3) is 0 Å². The SMILES string of the molecule is CNc1nnc(SCC(=O)c2cccs2)s1. The molecule has 0 aliphatic rings. The van der Waals surface area contributed by atoms with E-state index in [-0.39, 0.29) is 5.78 Å². The molecule has 16 heavy (non-hydrogen) atoms. The largest absolute Gasteiger partial charge is 0.363 e. The number of hydrogen-bond acceptors (Lipinski definition) is 7. The molecule has 0 bridgehead atoms. The number of rotatable bonds is 5. The van der Waals surface area contributed by atoms with E-state index < -0.39 is 0 Å². The van der Waals surface area contributed by atoms with Crippen LogP contribution in [-0.4, -0.2) is 28.8 Å². The number of nitrogens with one attached hydrogen (secondary N) is 1. The molecule has 0 fully saturated rings. The molecule has 2 heterocycles. The van der Waals surface area contributed by atoms with E-state index in [1.165, 1.54) is 34.4 Å². The number of thiophene rings is 1. The number of nitrogens with zero attached hydrogens (tertiary/aromatic N) is 2. The molecule has 0 amide bonds. The average molecular weight is 271 g/mol. The number of thioether (sulfide) groups is 1. The van der Waals surface area contributed by atoms with Gasteiger partial charge in [0.1, 0.15) is 0 Å². The summed E-state index contributed by atoms with van der Waals surface area (Å²) in [4.78, 5) is 12.5. The van der Waals surface area contributed by atoms with Gasteiger partial charge in [0.2, 0.25) is 5.13 Å². The second kappa shape index (κ2) is 5.42. The smallest absolute Gasteiger partial charge is 0.206 e. The van der Waals surface area contributed by atoms with Gasteiger partial charge in [-0.3, -0.25) is 4.79 Å². The third kappa shape index (κ3) is 2.81. The quantitative estimate of drug-likeness (QED) is 0.669. The monoisotopic (exact) mass is 271 g/mol. The molecule has 1 N–H and O–H groups in total. The predicted octanol–water partition coefficient (Wildman–Crippen LogP) is 2.62. The first-order chi connectivity index (χ1) is 7.79. The summed E-state index contributed by atoms with van der Waals surface area (Å²) in [7, 11) is 1.80. The molecule has 0 atom stereocenters. The molecule has 0 unspecified atom stereocenters. The summed E-state index contributed by atoms with van der Waals surface area (Å²) < 4.78 is 0.814. The molecule has 0 saturated heterocycles. The minimum absolute atomic E-state index is 0.140. The van der Waals surface area contributed by atoms with Crippen LogP contribution in [0, 0.1) is 0 Å². The van der Waals surface area contributed by atoms with Crippen molar-refractivity contribution < 1.29 is 4.79 Å². The molecular formula is C9H9N3OS3. The van der Waals surface area contributed by atoms with E-state index in [4.69, 9.17) is 0 Å². The Hall–Kier alpha value is -0.920. The highest BCUT2D eigenvalue weighted by Crippen LogP contribution is 2.26. The first kappa shape index (κ1) is 11.6. The summed E-state index contributed by atoms with van der Waals surface area (Å²) >= 11 is 4.35. The normalized spacial score (nSPS) is 10.3. The van der Waals surface area contributed by atoms with Gasteiger partial charge in [0.25, 0.3) is 0 Å². The third-order valence-electron chi connectivity index (χ3n) is 1.74. The van der Waals surface area contributed by atoms with Gasteiger partial charge in [0, 0.05) is 7.05 Å². The van der Waals surface area contributed by atoms with Crippen molar-refractivity contribution in [2.75, 3.05) is 18.1 Å². The lowest BCUT2D eigenvalue weighted by Gasteiger charge is -1.93. The lowest BCUT2D eigenvalue weighted by Crippen LogP contribution is -1.98. The third-order valence-corrected chi connectivity index (χ3v) is 4.73. The van der Waals surface area contributed by atoms with Gasteiger partial charge >= 0.3 is 0 Å². The van der Waals surface area contributed by atoms with Crippen molar-refractivity contribution in [3.05, 3.63) is 22.4 Å². The molecule has 2 aromatic rings. The minimum atomic E-state index is 0.140. The van der Waals surface area contributed by atoms with Crippen LogP contribution in [0.2, 0.25) is 0 Å². The maximum Gasteiger partial charge on any atom is 0.206 e. The van der Waals surface area contributed by atoms with Crippen molar-refractivity contribution in [1.82, 2.24) is 10.2 Å². The fourth-order valence-corrected chi connectivity index (χ4v) is 3.35. The van der Waals surface area contributed by atoms with E-state index >= 15 is 0 Å². The van der Waals surface area contributed by atoms with E-state index in [1.54, 1.807) is 7.05 Å². The highest BCUT2D eigenvalue weighted by atomic mass is 32.2. The van der Waals surface area contributed by atoms with E-state index in [0.29, 0.717) is 5.75 Å². The molecule has 0 saturated carbocycles. The van der Waals surface area contributed by atoms with Crippen molar-refractivity contribution in [2.45, 2.75) is 4.34 Å². The molecule has 0 aromatic carbocycles. The lowest BCUT2D eigenvalue weighted by molar-refractivity contribution is 0.102. The zero-order valence-corrected chi connectivity index (χ0v) is 10.9. The van der Waals surface area contributed by atoms with Crippen LogP contribution >= 0.6 is 34.4 Å². The summed E-state index contributed by atoms with van der Waals surface area (Å²) in [6, 6.07) is 3.72. The van der Waals surface area contributed by atoms with Gasteiger partial charge in [0.05, 0.1) is 10.6 Å². The zero-order valence-electron chi connectivity index (χ0n) is 8.47. The number of Topliss-reactive ketones (excluding diaryl/α,β-unsaturated/α-hetero) is 1. The highest BCUT2D eigenvalue weighted by Gasteiger charge is 2.09. The Morgan fingerprint density at radius 1 is 1.56 bits per heavy atom. The van der Waals surface area contributed by atoms with Gasteiger partial charge in [-0.15, -0.1) is 21.5 Å². The van der Waals surface area contributed by atoms with Crippen LogP contribution in [-0.2, 0) is 0 Å². The molecular weight excluding hydrogens is 262 g/mol. The maximum atomic E-state index is 11.7. The van der Waals surface area contributed by atoms with E-state index in [1.807, 2.05) is 17.5 Å². The Kier molecular flexibility index (Phi) is 3.92. The second-order valence-corrected chi connectivity index (χ2v) is 5.96. The first-order valence-corrected chi connectivity index (χ1v) is 7.18. The molecule has 84 valence electrons. The van der Waals surface area contributed by atoms with E-state index in [9.17, 15) is 4.79 Å². The highest BCUT2D eigenvalue weighted by molar-refractivity contribution is 8.01. The van der Waals surface area contributed by atoms with Crippen molar-refractivity contribution in [2.24, 2.45) is 0 Å². The lowest BCUT2D eigenvalue weighted by atomic mass is 10.4. The Morgan fingerprint density at radius 2 is 2.44 bits per heavy atom. The standard InChI is InChI=1S/C9H9N3OS3/c1-10-8-11-12-9(16-8)15-5-6(13)7-3-2-4-14-7/h2-4H,5H2,1H3,(H,10,11). The Balaban J connectivity index is 1.90. The van der Waals surface area contributed by atoms with Crippen LogP contribution in [0.15, 0.2) is 21.9 Å². The van der Waals surface area contributed by atoms with Crippen LogP contribution in [0.5, 0.6) is 0 Å². The number of hydrogen-bond donors (Lipinski definition) is 1. The number of carbonyl (C=O) groups is 1. The fraction of sp³-hybridized carbons (Fsp3) is 0.222. The van der Waals surface area contributed by atoms with Crippen molar-refractivity contribution in [1.29, 1.82) is 0 Å². The molecule has 0 radical (unpaired) electrons. The van der Waals surface area contributed by atoms with Crippen LogP contribution in [0.1, 0.15) is 9.67 Å². The number of carbonyl (C=O) groups excluding carboxylic acids is 1. The Labute approximate surface area is 105 Å². The van der Waals surface area contributed by atoms with Crippen LogP contribution in [0.4, 0.5) is 5.13 Å². The summed E-state index contributed by atoms with van der Waals surface area (Å²) in [6.07, 6.45) is 0. The summed E-state index contributed by atoms with van der Waals surface area (Å²) in [5.74, 6) is 0.556. The molecule has 0 spiro atoms. The molecule has 2 rings (SSSR count). The van der Waals surface area contributed by atoms with Crippen molar-refractivity contribution in [3.8, 4) is 0 Å². The van der Waals surface area contributed by atoms with Crippen molar-refractivity contribution in [3.63, 3.8) is 0 Å². The molecule has 7 heteroatoms. The van der Waals surface area contributed by atoms with Gasteiger partial charge in [0.15, 0.2) is 10.1 Å². The maximum absolute atomic E-state index is 11.7. The Morgan fingerprint density at radius 3 is 3.06 bits per heavy atom. The molecule has 2 aromatic heterocycles. The topological polar surface area (TPSA) is 54.9 Å². The predicted molar refractivity (Wildman–Crippen MR) is 68.8 cm³/mol. The van der Waals surface area contributed by atoms with Crippen molar-refractivity contribution >= 4 is 45.4 Å².